The topological polar surface area (TPSA) is 56.1 Å². The number of nitrogens with one attached hydrogen (secondary N) is 1. The first-order chi connectivity index (χ1) is 14.6. The molecule has 6 heteroatoms. The maximum Gasteiger partial charge on any atom is 0.251 e. The highest BCUT2D eigenvalue weighted by Gasteiger charge is 2.11. The standard InChI is InChI=1S/C24H22FN3O2/c1-2-30-23-6-4-3-5-20(23)14-26-24(29)18-9-10-19-15-27-28(22(19)13-18)16-17-7-11-21(25)12-8-17/h3-13,15H,2,14,16H2,1H3,(H,26,29). The molecule has 1 heterocycles. The van der Waals surface area contributed by atoms with Gasteiger partial charge < -0.3 is 10.1 Å². The highest BCUT2D eigenvalue weighted by atomic mass is 19.1. The molecule has 0 radical (unpaired) electrons. The van der Waals surface area contributed by atoms with Gasteiger partial charge in [0.15, 0.2) is 0 Å². The number of fused-ring (bicyclic) bond motifs is 1. The van der Waals surface area contributed by atoms with Crippen LogP contribution in [-0.2, 0) is 13.1 Å². The van der Waals surface area contributed by atoms with Crippen molar-refractivity contribution in [3.05, 3.63) is 95.4 Å². The minimum atomic E-state index is -0.269. The van der Waals surface area contributed by atoms with Gasteiger partial charge in [0.1, 0.15) is 11.6 Å². The summed E-state index contributed by atoms with van der Waals surface area (Å²) >= 11 is 0. The number of para-hydroxylation sites is 1. The molecule has 3 aromatic carbocycles. The maximum absolute atomic E-state index is 13.1. The fourth-order valence-corrected chi connectivity index (χ4v) is 3.32. The van der Waals surface area contributed by atoms with Gasteiger partial charge >= 0.3 is 0 Å². The van der Waals surface area contributed by atoms with Gasteiger partial charge in [-0.05, 0) is 42.8 Å². The van der Waals surface area contributed by atoms with E-state index in [1.165, 1.54) is 12.1 Å². The largest absolute Gasteiger partial charge is 0.494 e. The number of nitrogens with zero attached hydrogens (tertiary/aromatic N) is 2. The van der Waals surface area contributed by atoms with E-state index in [0.29, 0.717) is 25.3 Å². The van der Waals surface area contributed by atoms with Crippen molar-refractivity contribution in [3.8, 4) is 5.75 Å². The first kappa shape index (κ1) is 19.6. The molecule has 0 saturated carbocycles. The highest BCUT2D eigenvalue weighted by Crippen LogP contribution is 2.19. The Morgan fingerprint density at radius 2 is 1.90 bits per heavy atom. The number of halogens is 1. The lowest BCUT2D eigenvalue weighted by Crippen LogP contribution is -2.23. The molecule has 0 aliphatic carbocycles. The van der Waals surface area contributed by atoms with E-state index in [9.17, 15) is 9.18 Å². The minimum absolute atomic E-state index is 0.169. The van der Waals surface area contributed by atoms with Crippen molar-refractivity contribution in [2.45, 2.75) is 20.0 Å². The van der Waals surface area contributed by atoms with E-state index in [0.717, 1.165) is 27.8 Å². The summed E-state index contributed by atoms with van der Waals surface area (Å²) in [6, 6.07) is 19.5. The minimum Gasteiger partial charge on any atom is -0.494 e. The SMILES string of the molecule is CCOc1ccccc1CNC(=O)c1ccc2cnn(Cc3ccc(F)cc3)c2c1. The van der Waals surface area contributed by atoms with Crippen molar-refractivity contribution < 1.29 is 13.9 Å². The summed E-state index contributed by atoms with van der Waals surface area (Å²) in [4.78, 5) is 12.7. The van der Waals surface area contributed by atoms with Gasteiger partial charge in [0.2, 0.25) is 0 Å². The number of hydrogen-bond acceptors (Lipinski definition) is 3. The van der Waals surface area contributed by atoms with Gasteiger partial charge in [-0.15, -0.1) is 0 Å². The Labute approximate surface area is 174 Å². The smallest absolute Gasteiger partial charge is 0.251 e. The normalized spacial score (nSPS) is 10.9. The van der Waals surface area contributed by atoms with Crippen LogP contribution in [0, 0.1) is 5.82 Å². The Morgan fingerprint density at radius 3 is 2.70 bits per heavy atom. The molecule has 1 aromatic heterocycles. The van der Waals surface area contributed by atoms with E-state index in [2.05, 4.69) is 10.4 Å². The van der Waals surface area contributed by atoms with Crippen LogP contribution in [0.1, 0.15) is 28.4 Å². The van der Waals surface area contributed by atoms with E-state index < -0.39 is 0 Å². The van der Waals surface area contributed by atoms with Crippen LogP contribution in [-0.4, -0.2) is 22.3 Å². The third kappa shape index (κ3) is 4.33. The molecule has 0 bridgehead atoms. The lowest BCUT2D eigenvalue weighted by atomic mass is 10.1. The maximum atomic E-state index is 13.1. The number of carbonyl (C=O) groups is 1. The Bertz CT molecular complexity index is 1170. The van der Waals surface area contributed by atoms with E-state index in [4.69, 9.17) is 4.74 Å². The van der Waals surface area contributed by atoms with Gasteiger partial charge in [-0.3, -0.25) is 9.48 Å². The lowest BCUT2D eigenvalue weighted by molar-refractivity contribution is 0.0950. The molecular weight excluding hydrogens is 381 g/mol. The molecule has 0 saturated heterocycles. The lowest BCUT2D eigenvalue weighted by Gasteiger charge is -2.11. The number of rotatable bonds is 7. The van der Waals surface area contributed by atoms with Gasteiger partial charge in [-0.25, -0.2) is 4.39 Å². The van der Waals surface area contributed by atoms with Crippen molar-refractivity contribution in [2.75, 3.05) is 6.61 Å². The predicted octanol–water partition coefficient (Wildman–Crippen LogP) is 4.55. The number of ether oxygens (including phenoxy) is 1. The van der Waals surface area contributed by atoms with Crippen molar-refractivity contribution in [1.29, 1.82) is 0 Å². The van der Waals surface area contributed by atoms with Crippen molar-refractivity contribution in [3.63, 3.8) is 0 Å². The molecule has 4 aromatic rings. The second-order valence-electron chi connectivity index (χ2n) is 6.93. The summed E-state index contributed by atoms with van der Waals surface area (Å²) in [5.41, 5.74) is 3.26. The molecule has 0 aliphatic heterocycles. The molecule has 1 N–H and O–H groups in total. The third-order valence-electron chi connectivity index (χ3n) is 4.86. The van der Waals surface area contributed by atoms with E-state index in [1.807, 2.05) is 48.0 Å². The molecule has 0 spiro atoms. The number of aromatic nitrogens is 2. The van der Waals surface area contributed by atoms with E-state index in [-0.39, 0.29) is 11.7 Å². The molecule has 0 aliphatic rings. The van der Waals surface area contributed by atoms with Crippen LogP contribution in [0.5, 0.6) is 5.75 Å². The summed E-state index contributed by atoms with van der Waals surface area (Å²) in [5.74, 6) is 0.333. The molecule has 30 heavy (non-hydrogen) atoms. The quantitative estimate of drug-likeness (QED) is 0.492. The van der Waals surface area contributed by atoms with Crippen LogP contribution in [0.3, 0.4) is 0 Å². The summed E-state index contributed by atoms with van der Waals surface area (Å²) in [6.07, 6.45) is 1.76. The molecule has 0 atom stereocenters. The van der Waals surface area contributed by atoms with Crippen LogP contribution in [0.15, 0.2) is 72.9 Å². The number of benzene rings is 3. The Balaban J connectivity index is 1.51. The molecule has 1 amide bonds. The number of amides is 1. The van der Waals surface area contributed by atoms with Crippen molar-refractivity contribution >= 4 is 16.8 Å². The first-order valence-corrected chi connectivity index (χ1v) is 9.83. The van der Waals surface area contributed by atoms with Crippen LogP contribution in [0.25, 0.3) is 10.9 Å². The van der Waals surface area contributed by atoms with Gasteiger partial charge in [0, 0.05) is 23.1 Å². The molecule has 152 valence electrons. The van der Waals surface area contributed by atoms with Crippen molar-refractivity contribution in [1.82, 2.24) is 15.1 Å². The van der Waals surface area contributed by atoms with Gasteiger partial charge in [0.25, 0.3) is 5.91 Å². The molecule has 4 rings (SSSR count). The number of carbonyl (C=O) groups excluding carboxylic acids is 1. The zero-order valence-electron chi connectivity index (χ0n) is 16.6. The van der Waals surface area contributed by atoms with E-state index >= 15 is 0 Å². The van der Waals surface area contributed by atoms with Gasteiger partial charge in [-0.2, -0.15) is 5.10 Å². The summed E-state index contributed by atoms with van der Waals surface area (Å²) < 4.78 is 20.6. The van der Waals surface area contributed by atoms with E-state index in [1.54, 1.807) is 24.4 Å². The zero-order valence-corrected chi connectivity index (χ0v) is 16.6. The average molecular weight is 403 g/mol. The van der Waals surface area contributed by atoms with Crippen molar-refractivity contribution in [2.24, 2.45) is 0 Å². The molecule has 0 fully saturated rings. The van der Waals surface area contributed by atoms with Gasteiger partial charge in [0.05, 0.1) is 24.9 Å². The molecule has 5 nitrogen and oxygen atoms in total. The Hall–Kier alpha value is -3.67. The summed E-state index contributed by atoms with van der Waals surface area (Å²) in [6.45, 7) is 3.37. The van der Waals surface area contributed by atoms with Crippen LogP contribution >= 0.6 is 0 Å². The second kappa shape index (κ2) is 8.78. The van der Waals surface area contributed by atoms with Crippen LogP contribution < -0.4 is 10.1 Å². The molecule has 0 unspecified atom stereocenters. The number of hydrogen-bond donors (Lipinski definition) is 1. The van der Waals surface area contributed by atoms with Crippen LogP contribution in [0.4, 0.5) is 4.39 Å². The Morgan fingerprint density at radius 1 is 1.10 bits per heavy atom. The monoisotopic (exact) mass is 403 g/mol. The third-order valence-corrected chi connectivity index (χ3v) is 4.86. The summed E-state index contributed by atoms with van der Waals surface area (Å²) in [7, 11) is 0. The zero-order chi connectivity index (χ0) is 20.9. The fraction of sp³-hybridized carbons (Fsp3) is 0.167. The predicted molar refractivity (Wildman–Crippen MR) is 114 cm³/mol. The second-order valence-corrected chi connectivity index (χ2v) is 6.93. The average Bonchev–Trinajstić information content (AvgIpc) is 3.16. The fourth-order valence-electron chi connectivity index (χ4n) is 3.32. The highest BCUT2D eigenvalue weighted by molar-refractivity contribution is 5.97. The first-order valence-electron chi connectivity index (χ1n) is 9.83. The van der Waals surface area contributed by atoms with Crippen LogP contribution in [0.2, 0.25) is 0 Å². The summed E-state index contributed by atoms with van der Waals surface area (Å²) in [5, 5.41) is 8.31. The molecular formula is C24H22FN3O2. The van der Waals surface area contributed by atoms with Gasteiger partial charge in [-0.1, -0.05) is 36.4 Å². The Kier molecular flexibility index (Phi) is 5.75.